The van der Waals surface area contributed by atoms with Crippen LogP contribution in [0.1, 0.15) is 10.9 Å². The van der Waals surface area contributed by atoms with Crippen LogP contribution in [0, 0.1) is 0 Å². The Morgan fingerprint density at radius 3 is 2.33 bits per heavy atom. The van der Waals surface area contributed by atoms with Gasteiger partial charge in [-0.3, -0.25) is 4.79 Å². The van der Waals surface area contributed by atoms with Crippen LogP contribution in [0.5, 0.6) is 0 Å². The average Bonchev–Trinajstić information content (AvgIpc) is 2.04. The van der Waals surface area contributed by atoms with Crippen LogP contribution in [-0.2, 0) is 4.79 Å². The first kappa shape index (κ1) is 9.55. The van der Waals surface area contributed by atoms with Gasteiger partial charge in [0.1, 0.15) is 5.38 Å². The molecule has 1 aromatic rings. The van der Waals surface area contributed by atoms with Gasteiger partial charge in [-0.05, 0) is 17.7 Å². The number of benzene rings is 1. The van der Waals surface area contributed by atoms with E-state index in [9.17, 15) is 4.79 Å². The lowest BCUT2D eigenvalue weighted by Gasteiger charge is -2.04. The lowest BCUT2D eigenvalue weighted by molar-refractivity contribution is -0.117. The highest BCUT2D eigenvalue weighted by molar-refractivity contribution is 9.10. The van der Waals surface area contributed by atoms with Crippen molar-refractivity contribution in [2.24, 2.45) is 5.73 Å². The summed E-state index contributed by atoms with van der Waals surface area (Å²) >= 11 is 8.98. The summed E-state index contributed by atoms with van der Waals surface area (Å²) in [6.07, 6.45) is 0. The largest absolute Gasteiger partial charge is 0.368 e. The molecule has 1 rings (SSSR count). The molecule has 1 amide bonds. The molecule has 0 heterocycles. The number of nitrogens with two attached hydrogens (primary N) is 1. The second-order valence-corrected chi connectivity index (χ2v) is 3.67. The summed E-state index contributed by atoms with van der Waals surface area (Å²) in [4.78, 5) is 10.7. The van der Waals surface area contributed by atoms with Crippen molar-refractivity contribution in [3.05, 3.63) is 34.3 Å². The Hall–Kier alpha value is -0.540. The number of halogens is 2. The Morgan fingerprint density at radius 1 is 1.42 bits per heavy atom. The van der Waals surface area contributed by atoms with Crippen molar-refractivity contribution >= 4 is 33.4 Å². The maximum absolute atomic E-state index is 10.7. The molecule has 0 aliphatic carbocycles. The van der Waals surface area contributed by atoms with Crippen LogP contribution in [0.3, 0.4) is 0 Å². The van der Waals surface area contributed by atoms with Crippen LogP contribution in [-0.4, -0.2) is 5.91 Å². The number of hydrogen-bond acceptors (Lipinski definition) is 1. The van der Waals surface area contributed by atoms with Crippen LogP contribution < -0.4 is 5.73 Å². The summed E-state index contributed by atoms with van der Waals surface area (Å²) in [5, 5.41) is -0.738. The zero-order valence-corrected chi connectivity index (χ0v) is 8.47. The van der Waals surface area contributed by atoms with Crippen LogP contribution in [0.25, 0.3) is 0 Å². The third-order valence-electron chi connectivity index (χ3n) is 1.41. The maximum Gasteiger partial charge on any atom is 0.240 e. The number of carbonyl (C=O) groups is 1. The Balaban J connectivity index is 2.89. The summed E-state index contributed by atoms with van der Waals surface area (Å²) < 4.78 is 0.944. The third-order valence-corrected chi connectivity index (χ3v) is 2.41. The molecule has 0 aromatic heterocycles. The van der Waals surface area contributed by atoms with Gasteiger partial charge in [0.2, 0.25) is 5.91 Å². The van der Waals surface area contributed by atoms with Crippen LogP contribution in [0.15, 0.2) is 28.7 Å². The molecule has 1 atom stereocenters. The Kier molecular flexibility index (Phi) is 3.12. The van der Waals surface area contributed by atoms with E-state index in [1.54, 1.807) is 12.1 Å². The minimum Gasteiger partial charge on any atom is -0.368 e. The van der Waals surface area contributed by atoms with Gasteiger partial charge in [-0.1, -0.05) is 28.1 Å². The van der Waals surface area contributed by atoms with Crippen LogP contribution in [0.4, 0.5) is 0 Å². The minimum atomic E-state index is -0.738. The lowest BCUT2D eigenvalue weighted by atomic mass is 10.1. The van der Waals surface area contributed by atoms with Gasteiger partial charge in [0.05, 0.1) is 0 Å². The highest BCUT2D eigenvalue weighted by Gasteiger charge is 2.12. The van der Waals surface area contributed by atoms with E-state index in [1.807, 2.05) is 12.1 Å². The topological polar surface area (TPSA) is 43.1 Å². The Labute approximate surface area is 83.8 Å². The van der Waals surface area contributed by atoms with Gasteiger partial charge in [-0.15, -0.1) is 11.6 Å². The summed E-state index contributed by atoms with van der Waals surface area (Å²) in [7, 11) is 0. The molecule has 0 radical (unpaired) electrons. The number of primary amides is 1. The predicted molar refractivity (Wildman–Crippen MR) is 51.9 cm³/mol. The van der Waals surface area contributed by atoms with Crippen LogP contribution >= 0.6 is 27.5 Å². The smallest absolute Gasteiger partial charge is 0.240 e. The summed E-state index contributed by atoms with van der Waals surface area (Å²) in [5.41, 5.74) is 5.74. The van der Waals surface area contributed by atoms with E-state index in [1.165, 1.54) is 0 Å². The summed E-state index contributed by atoms with van der Waals surface area (Å²) in [6.45, 7) is 0. The predicted octanol–water partition coefficient (Wildman–Crippen LogP) is 2.21. The van der Waals surface area contributed by atoms with E-state index >= 15 is 0 Å². The van der Waals surface area contributed by atoms with Gasteiger partial charge >= 0.3 is 0 Å². The molecule has 0 saturated heterocycles. The van der Waals surface area contributed by atoms with Crippen molar-refractivity contribution < 1.29 is 4.79 Å². The van der Waals surface area contributed by atoms with Crippen molar-refractivity contribution in [3.63, 3.8) is 0 Å². The van der Waals surface area contributed by atoms with E-state index in [-0.39, 0.29) is 0 Å². The fraction of sp³-hybridized carbons (Fsp3) is 0.125. The molecule has 4 heteroatoms. The van der Waals surface area contributed by atoms with Gasteiger partial charge in [-0.2, -0.15) is 0 Å². The number of hydrogen-bond donors (Lipinski definition) is 1. The molecule has 0 fully saturated rings. The van der Waals surface area contributed by atoms with Gasteiger partial charge in [0.25, 0.3) is 0 Å². The average molecular weight is 249 g/mol. The molecular formula is C8H7BrClNO. The van der Waals surface area contributed by atoms with Crippen LogP contribution in [0.2, 0.25) is 0 Å². The van der Waals surface area contributed by atoms with E-state index in [0.717, 1.165) is 4.47 Å². The quantitative estimate of drug-likeness (QED) is 0.801. The minimum absolute atomic E-state index is 0.529. The van der Waals surface area contributed by atoms with E-state index in [2.05, 4.69) is 15.9 Å². The Morgan fingerprint density at radius 2 is 1.92 bits per heavy atom. The third kappa shape index (κ3) is 2.22. The molecule has 0 aliphatic heterocycles. The molecule has 1 aromatic carbocycles. The van der Waals surface area contributed by atoms with Gasteiger partial charge in [0, 0.05) is 4.47 Å². The van der Waals surface area contributed by atoms with Gasteiger partial charge in [-0.25, -0.2) is 0 Å². The molecule has 2 N–H and O–H groups in total. The molecule has 0 aliphatic rings. The molecular weight excluding hydrogens is 241 g/mol. The molecule has 64 valence electrons. The van der Waals surface area contributed by atoms with Crippen molar-refractivity contribution in [2.75, 3.05) is 0 Å². The van der Waals surface area contributed by atoms with E-state index in [0.29, 0.717) is 5.56 Å². The first-order valence-electron chi connectivity index (χ1n) is 3.30. The zero-order chi connectivity index (χ0) is 9.14. The van der Waals surface area contributed by atoms with Crippen molar-refractivity contribution in [1.82, 2.24) is 0 Å². The van der Waals surface area contributed by atoms with E-state index in [4.69, 9.17) is 17.3 Å². The number of carbonyl (C=O) groups excluding carboxylic acids is 1. The molecule has 2 nitrogen and oxygen atoms in total. The summed E-state index contributed by atoms with van der Waals surface area (Å²) in [6, 6.07) is 7.14. The maximum atomic E-state index is 10.7. The molecule has 0 saturated carbocycles. The highest BCUT2D eigenvalue weighted by atomic mass is 79.9. The Bertz CT molecular complexity index is 286. The monoisotopic (exact) mass is 247 g/mol. The van der Waals surface area contributed by atoms with Crippen molar-refractivity contribution in [1.29, 1.82) is 0 Å². The summed E-state index contributed by atoms with van der Waals surface area (Å²) in [5.74, 6) is -0.529. The highest BCUT2D eigenvalue weighted by Crippen LogP contribution is 2.21. The first-order valence-corrected chi connectivity index (χ1v) is 4.53. The molecule has 12 heavy (non-hydrogen) atoms. The van der Waals surface area contributed by atoms with Crippen molar-refractivity contribution in [2.45, 2.75) is 5.38 Å². The molecule has 0 spiro atoms. The van der Waals surface area contributed by atoms with Crippen molar-refractivity contribution in [3.8, 4) is 0 Å². The fourth-order valence-corrected chi connectivity index (χ4v) is 1.21. The standard InChI is InChI=1S/C8H7BrClNO/c9-6-3-1-5(2-4-6)7(10)8(11)12/h1-4,7H,(H2,11,12)/t7-/m0/s1. The SMILES string of the molecule is NC(=O)[C@@H](Cl)c1ccc(Br)cc1. The second kappa shape index (κ2) is 3.92. The second-order valence-electron chi connectivity index (χ2n) is 2.32. The number of rotatable bonds is 2. The zero-order valence-electron chi connectivity index (χ0n) is 6.13. The lowest BCUT2D eigenvalue weighted by Crippen LogP contribution is -2.16. The van der Waals surface area contributed by atoms with Gasteiger partial charge in [0.15, 0.2) is 0 Å². The fourth-order valence-electron chi connectivity index (χ4n) is 0.796. The molecule has 0 unspecified atom stereocenters. The first-order chi connectivity index (χ1) is 5.61. The number of alkyl halides is 1. The van der Waals surface area contributed by atoms with Gasteiger partial charge < -0.3 is 5.73 Å². The van der Waals surface area contributed by atoms with E-state index < -0.39 is 11.3 Å². The normalized spacial score (nSPS) is 12.5. The molecule has 0 bridgehead atoms. The number of amides is 1.